The molecule has 0 bridgehead atoms. The highest BCUT2D eigenvalue weighted by molar-refractivity contribution is 5.83. The third-order valence-corrected chi connectivity index (χ3v) is 3.81. The molecule has 0 atom stereocenters. The van der Waals surface area contributed by atoms with Crippen LogP contribution in [-0.4, -0.2) is 31.7 Å². The number of rotatable bonds is 8. The predicted molar refractivity (Wildman–Crippen MR) is 98.6 cm³/mol. The second kappa shape index (κ2) is 8.97. The third-order valence-electron chi connectivity index (χ3n) is 3.81. The quantitative estimate of drug-likeness (QED) is 0.334. The SMILES string of the molecule is COc1ccc(C=NO)c(OCCOc2cc(C)ccc2C(C)C)c1. The highest BCUT2D eigenvalue weighted by atomic mass is 16.5. The molecule has 2 aromatic carbocycles. The molecule has 0 aliphatic carbocycles. The Bertz CT molecular complexity index is 726. The van der Waals surface area contributed by atoms with Gasteiger partial charge in [0.1, 0.15) is 30.5 Å². The lowest BCUT2D eigenvalue weighted by Crippen LogP contribution is -2.11. The summed E-state index contributed by atoms with van der Waals surface area (Å²) in [5.74, 6) is 2.53. The summed E-state index contributed by atoms with van der Waals surface area (Å²) in [6.07, 6.45) is 1.33. The number of hydrogen-bond donors (Lipinski definition) is 1. The first kappa shape index (κ1) is 18.6. The first-order valence-corrected chi connectivity index (χ1v) is 8.26. The van der Waals surface area contributed by atoms with Crippen LogP contribution in [0.3, 0.4) is 0 Å². The topological polar surface area (TPSA) is 60.3 Å². The van der Waals surface area contributed by atoms with E-state index in [4.69, 9.17) is 19.4 Å². The molecule has 0 heterocycles. The molecule has 0 saturated heterocycles. The minimum Gasteiger partial charge on any atom is -0.497 e. The molecule has 0 spiro atoms. The Hall–Kier alpha value is -2.69. The largest absolute Gasteiger partial charge is 0.497 e. The Balaban J connectivity index is 2.01. The number of hydrogen-bond acceptors (Lipinski definition) is 5. The van der Waals surface area contributed by atoms with Crippen molar-refractivity contribution >= 4 is 6.21 Å². The van der Waals surface area contributed by atoms with E-state index < -0.39 is 0 Å². The summed E-state index contributed by atoms with van der Waals surface area (Å²) in [5.41, 5.74) is 3.01. The summed E-state index contributed by atoms with van der Waals surface area (Å²) >= 11 is 0. The summed E-state index contributed by atoms with van der Waals surface area (Å²) in [4.78, 5) is 0. The van der Waals surface area contributed by atoms with Crippen LogP contribution in [0, 0.1) is 6.92 Å². The molecule has 0 fully saturated rings. The zero-order chi connectivity index (χ0) is 18.2. The first-order chi connectivity index (χ1) is 12.0. The average molecular weight is 343 g/mol. The summed E-state index contributed by atoms with van der Waals surface area (Å²) < 4.78 is 16.9. The molecule has 0 unspecified atom stereocenters. The molecular weight excluding hydrogens is 318 g/mol. The van der Waals surface area contributed by atoms with Gasteiger partial charge in [0.15, 0.2) is 0 Å². The number of nitrogens with zero attached hydrogens (tertiary/aromatic N) is 1. The van der Waals surface area contributed by atoms with E-state index in [9.17, 15) is 0 Å². The van der Waals surface area contributed by atoms with Crippen molar-refractivity contribution in [2.45, 2.75) is 26.7 Å². The van der Waals surface area contributed by atoms with E-state index in [2.05, 4.69) is 31.1 Å². The maximum atomic E-state index is 8.76. The van der Waals surface area contributed by atoms with Crippen molar-refractivity contribution in [1.82, 2.24) is 0 Å². The number of oxime groups is 1. The Morgan fingerprint density at radius 3 is 2.40 bits per heavy atom. The predicted octanol–water partition coefficient (Wildman–Crippen LogP) is 4.39. The summed E-state index contributed by atoms with van der Waals surface area (Å²) in [7, 11) is 1.59. The number of methoxy groups -OCH3 is 1. The van der Waals surface area contributed by atoms with E-state index in [-0.39, 0.29) is 0 Å². The lowest BCUT2D eigenvalue weighted by atomic mass is 10.0. The molecule has 1 N–H and O–H groups in total. The van der Waals surface area contributed by atoms with Crippen LogP contribution in [0.2, 0.25) is 0 Å². The van der Waals surface area contributed by atoms with Gasteiger partial charge in [0.05, 0.1) is 13.3 Å². The van der Waals surface area contributed by atoms with Crippen LogP contribution < -0.4 is 14.2 Å². The monoisotopic (exact) mass is 343 g/mol. The molecule has 2 rings (SSSR count). The second-order valence-electron chi connectivity index (χ2n) is 6.04. The van der Waals surface area contributed by atoms with Crippen molar-refractivity contribution < 1.29 is 19.4 Å². The van der Waals surface area contributed by atoms with Gasteiger partial charge in [0.25, 0.3) is 0 Å². The fourth-order valence-electron chi connectivity index (χ4n) is 2.48. The van der Waals surface area contributed by atoms with Crippen molar-refractivity contribution in [3.63, 3.8) is 0 Å². The second-order valence-corrected chi connectivity index (χ2v) is 6.04. The molecular formula is C20H25NO4. The molecule has 25 heavy (non-hydrogen) atoms. The van der Waals surface area contributed by atoms with Gasteiger partial charge in [-0.15, -0.1) is 0 Å². The van der Waals surface area contributed by atoms with Crippen LogP contribution in [0.1, 0.15) is 36.5 Å². The zero-order valence-corrected chi connectivity index (χ0v) is 15.2. The molecule has 134 valence electrons. The van der Waals surface area contributed by atoms with Gasteiger partial charge < -0.3 is 19.4 Å². The van der Waals surface area contributed by atoms with Gasteiger partial charge in [0, 0.05) is 11.6 Å². The van der Waals surface area contributed by atoms with E-state index in [1.54, 1.807) is 25.3 Å². The van der Waals surface area contributed by atoms with Crippen molar-refractivity contribution in [3.05, 3.63) is 53.1 Å². The highest BCUT2D eigenvalue weighted by Gasteiger charge is 2.09. The Morgan fingerprint density at radius 2 is 1.76 bits per heavy atom. The van der Waals surface area contributed by atoms with E-state index in [0.717, 1.165) is 11.3 Å². The van der Waals surface area contributed by atoms with Gasteiger partial charge in [-0.25, -0.2) is 0 Å². The van der Waals surface area contributed by atoms with Crippen LogP contribution in [0.4, 0.5) is 0 Å². The minimum atomic E-state index is 0.366. The molecule has 5 nitrogen and oxygen atoms in total. The van der Waals surface area contributed by atoms with Crippen LogP contribution in [0.15, 0.2) is 41.6 Å². The van der Waals surface area contributed by atoms with Crippen LogP contribution >= 0.6 is 0 Å². The number of ether oxygens (including phenoxy) is 3. The molecule has 0 aliphatic heterocycles. The normalized spacial score (nSPS) is 11.1. The van der Waals surface area contributed by atoms with Gasteiger partial charge in [0.2, 0.25) is 0 Å². The van der Waals surface area contributed by atoms with Crippen molar-refractivity contribution in [1.29, 1.82) is 0 Å². The van der Waals surface area contributed by atoms with Gasteiger partial charge in [-0.3, -0.25) is 0 Å². The van der Waals surface area contributed by atoms with Gasteiger partial charge in [-0.1, -0.05) is 31.1 Å². The van der Waals surface area contributed by atoms with Crippen LogP contribution in [0.5, 0.6) is 17.2 Å². The van der Waals surface area contributed by atoms with E-state index in [1.807, 2.05) is 13.0 Å². The van der Waals surface area contributed by atoms with Gasteiger partial charge in [-0.2, -0.15) is 0 Å². The van der Waals surface area contributed by atoms with E-state index >= 15 is 0 Å². The van der Waals surface area contributed by atoms with E-state index in [0.29, 0.717) is 36.2 Å². The Morgan fingerprint density at radius 1 is 1.04 bits per heavy atom. The number of benzene rings is 2. The lowest BCUT2D eigenvalue weighted by molar-refractivity contribution is 0.214. The summed E-state index contributed by atoms with van der Waals surface area (Å²) in [6.45, 7) is 7.11. The molecule has 0 amide bonds. The lowest BCUT2D eigenvalue weighted by Gasteiger charge is -2.16. The number of aryl methyl sites for hydroxylation is 1. The highest BCUT2D eigenvalue weighted by Crippen LogP contribution is 2.28. The molecule has 0 saturated carbocycles. The fraction of sp³-hybridized carbons (Fsp3) is 0.350. The smallest absolute Gasteiger partial charge is 0.132 e. The maximum absolute atomic E-state index is 8.76. The van der Waals surface area contributed by atoms with Crippen molar-refractivity contribution in [2.24, 2.45) is 5.16 Å². The summed E-state index contributed by atoms with van der Waals surface area (Å²) in [6, 6.07) is 11.5. The van der Waals surface area contributed by atoms with Crippen molar-refractivity contribution in [2.75, 3.05) is 20.3 Å². The Labute approximate surface area is 148 Å². The maximum Gasteiger partial charge on any atom is 0.132 e. The Kier molecular flexibility index (Phi) is 6.69. The summed E-state index contributed by atoms with van der Waals surface area (Å²) in [5, 5.41) is 11.8. The average Bonchev–Trinajstić information content (AvgIpc) is 2.59. The minimum absolute atomic E-state index is 0.366. The molecule has 0 radical (unpaired) electrons. The first-order valence-electron chi connectivity index (χ1n) is 8.26. The fourth-order valence-corrected chi connectivity index (χ4v) is 2.48. The van der Waals surface area contributed by atoms with E-state index in [1.165, 1.54) is 11.8 Å². The molecule has 0 aliphatic rings. The standard InChI is InChI=1S/C20H25NO4/c1-14(2)18-8-5-15(3)11-20(18)25-10-9-24-19-12-17(23-4)7-6-16(19)13-21-22/h5-8,11-14,22H,9-10H2,1-4H3. The van der Waals surface area contributed by atoms with Gasteiger partial charge >= 0.3 is 0 Å². The van der Waals surface area contributed by atoms with Crippen LogP contribution in [0.25, 0.3) is 0 Å². The third kappa shape index (κ3) is 5.14. The van der Waals surface area contributed by atoms with Gasteiger partial charge in [-0.05, 0) is 42.2 Å². The van der Waals surface area contributed by atoms with Crippen LogP contribution in [-0.2, 0) is 0 Å². The van der Waals surface area contributed by atoms with Crippen molar-refractivity contribution in [3.8, 4) is 17.2 Å². The zero-order valence-electron chi connectivity index (χ0n) is 15.2. The molecule has 2 aromatic rings. The molecule has 5 heteroatoms. The molecule has 0 aromatic heterocycles.